The van der Waals surface area contributed by atoms with Crippen LogP contribution in [-0.2, 0) is 0 Å². The number of piperazine rings is 1. The topological polar surface area (TPSA) is 44.3 Å². The molecule has 168 valence electrons. The summed E-state index contributed by atoms with van der Waals surface area (Å²) in [6, 6.07) is 23.6. The normalized spacial score (nSPS) is 14.7. The summed E-state index contributed by atoms with van der Waals surface area (Å²) >= 11 is 0. The second-order valence-corrected chi connectivity index (χ2v) is 9.18. The fraction of sp³-hybridized carbons (Fsp3) is 0.286. The van der Waals surface area contributed by atoms with Gasteiger partial charge >= 0.3 is 0 Å². The zero-order valence-electron chi connectivity index (χ0n) is 19.6. The zero-order chi connectivity index (χ0) is 22.8. The minimum atomic E-state index is 0.520. The molecule has 1 saturated heterocycles. The van der Waals surface area contributed by atoms with Gasteiger partial charge in [-0.1, -0.05) is 62.4 Å². The average Bonchev–Trinajstić information content (AvgIpc) is 2.84. The van der Waals surface area contributed by atoms with E-state index in [2.05, 4.69) is 108 Å². The Morgan fingerprint density at radius 1 is 0.879 bits per heavy atom. The van der Waals surface area contributed by atoms with Crippen molar-refractivity contribution in [3.63, 3.8) is 0 Å². The van der Waals surface area contributed by atoms with Gasteiger partial charge in [0.05, 0.1) is 5.52 Å². The van der Waals surface area contributed by atoms with E-state index in [1.165, 1.54) is 16.8 Å². The van der Waals surface area contributed by atoms with Crippen LogP contribution in [0.4, 0.5) is 17.3 Å². The third-order valence-corrected chi connectivity index (χ3v) is 6.47. The average molecular weight is 438 g/mol. The number of para-hydroxylation sites is 1. The molecule has 1 aliphatic heterocycles. The third-order valence-electron chi connectivity index (χ3n) is 6.47. The molecule has 5 nitrogen and oxygen atoms in total. The Hall–Kier alpha value is -3.44. The summed E-state index contributed by atoms with van der Waals surface area (Å²) in [4.78, 5) is 14.3. The lowest BCUT2D eigenvalue weighted by atomic mass is 9.97. The first kappa shape index (κ1) is 21.4. The van der Waals surface area contributed by atoms with Crippen molar-refractivity contribution in [1.29, 1.82) is 0 Å². The van der Waals surface area contributed by atoms with Crippen LogP contribution in [-0.4, -0.2) is 48.1 Å². The summed E-state index contributed by atoms with van der Waals surface area (Å²) in [7, 11) is 2.18. The standard InChI is InChI=1S/C28H31N5/c1-20(2)21-10-12-22(13-11-21)26-9-4-6-23-19-29-28(31-27(23)26)30-24-7-5-8-25(18-24)33-16-14-32(3)15-17-33/h4-13,18-20H,14-17H2,1-3H3,(H,29,30,31). The van der Waals surface area contributed by atoms with Crippen molar-refractivity contribution in [2.24, 2.45) is 0 Å². The van der Waals surface area contributed by atoms with Gasteiger partial charge in [0.1, 0.15) is 0 Å². The van der Waals surface area contributed by atoms with Gasteiger partial charge in [0.25, 0.3) is 0 Å². The Kier molecular flexibility index (Phi) is 5.97. The number of fused-ring (bicyclic) bond motifs is 1. The van der Waals surface area contributed by atoms with Crippen LogP contribution in [0.5, 0.6) is 0 Å². The molecule has 0 radical (unpaired) electrons. The van der Waals surface area contributed by atoms with Crippen molar-refractivity contribution in [2.45, 2.75) is 19.8 Å². The second kappa shape index (κ2) is 9.20. The van der Waals surface area contributed by atoms with Crippen molar-refractivity contribution in [3.8, 4) is 11.1 Å². The van der Waals surface area contributed by atoms with Crippen LogP contribution in [0.1, 0.15) is 25.3 Å². The molecule has 0 aliphatic carbocycles. The van der Waals surface area contributed by atoms with Crippen molar-refractivity contribution in [1.82, 2.24) is 14.9 Å². The lowest BCUT2D eigenvalue weighted by Gasteiger charge is -2.34. The molecule has 0 amide bonds. The fourth-order valence-corrected chi connectivity index (χ4v) is 4.37. The number of hydrogen-bond acceptors (Lipinski definition) is 5. The molecule has 33 heavy (non-hydrogen) atoms. The van der Waals surface area contributed by atoms with Gasteiger partial charge in [-0.2, -0.15) is 0 Å². The quantitative estimate of drug-likeness (QED) is 0.420. The van der Waals surface area contributed by atoms with Gasteiger partial charge in [-0.3, -0.25) is 0 Å². The van der Waals surface area contributed by atoms with Gasteiger partial charge in [-0.05, 0) is 42.3 Å². The highest BCUT2D eigenvalue weighted by Gasteiger charge is 2.15. The van der Waals surface area contributed by atoms with Crippen LogP contribution in [0.15, 0.2) is 72.9 Å². The predicted octanol–water partition coefficient (Wildman–Crippen LogP) is 5.92. The van der Waals surface area contributed by atoms with E-state index >= 15 is 0 Å². The van der Waals surface area contributed by atoms with Gasteiger partial charge in [-0.25, -0.2) is 9.97 Å². The first-order valence-electron chi connectivity index (χ1n) is 11.7. The summed E-state index contributed by atoms with van der Waals surface area (Å²) in [5, 5.41) is 4.47. The number of hydrogen-bond donors (Lipinski definition) is 1. The highest BCUT2D eigenvalue weighted by atomic mass is 15.2. The third kappa shape index (κ3) is 4.69. The number of benzene rings is 3. The first-order chi connectivity index (χ1) is 16.1. The Labute approximate surface area is 196 Å². The lowest BCUT2D eigenvalue weighted by Crippen LogP contribution is -2.44. The highest BCUT2D eigenvalue weighted by molar-refractivity contribution is 5.93. The van der Waals surface area contributed by atoms with Crippen LogP contribution in [0.2, 0.25) is 0 Å². The molecule has 0 atom stereocenters. The van der Waals surface area contributed by atoms with E-state index in [1.54, 1.807) is 0 Å². The first-order valence-corrected chi connectivity index (χ1v) is 11.7. The van der Waals surface area contributed by atoms with E-state index in [-0.39, 0.29) is 0 Å². The van der Waals surface area contributed by atoms with Gasteiger partial charge < -0.3 is 15.1 Å². The molecule has 0 unspecified atom stereocenters. The van der Waals surface area contributed by atoms with Crippen LogP contribution >= 0.6 is 0 Å². The van der Waals surface area contributed by atoms with Gasteiger partial charge in [0.15, 0.2) is 0 Å². The van der Waals surface area contributed by atoms with E-state index in [4.69, 9.17) is 4.98 Å². The molecule has 1 aromatic heterocycles. The summed E-state index contributed by atoms with van der Waals surface area (Å²) in [5.41, 5.74) is 6.84. The van der Waals surface area contributed by atoms with Crippen molar-refractivity contribution < 1.29 is 0 Å². The van der Waals surface area contributed by atoms with Crippen LogP contribution in [0, 0.1) is 0 Å². The van der Waals surface area contributed by atoms with E-state index in [9.17, 15) is 0 Å². The molecule has 0 spiro atoms. The predicted molar refractivity (Wildman–Crippen MR) is 138 cm³/mol. The highest BCUT2D eigenvalue weighted by Crippen LogP contribution is 2.30. The van der Waals surface area contributed by atoms with E-state index in [0.29, 0.717) is 11.9 Å². The van der Waals surface area contributed by atoms with Crippen molar-refractivity contribution >= 4 is 28.2 Å². The Bertz CT molecular complexity index is 1240. The number of likely N-dealkylation sites (N-methyl/N-ethyl adjacent to an activating group) is 1. The molecule has 5 rings (SSSR count). The van der Waals surface area contributed by atoms with E-state index in [1.807, 2.05) is 6.20 Å². The Balaban J connectivity index is 1.43. The summed E-state index contributed by atoms with van der Waals surface area (Å²) in [5.74, 6) is 1.13. The second-order valence-electron chi connectivity index (χ2n) is 9.18. The maximum atomic E-state index is 4.91. The molecule has 1 N–H and O–H groups in total. The van der Waals surface area contributed by atoms with Gasteiger partial charge in [0, 0.05) is 54.7 Å². The smallest absolute Gasteiger partial charge is 0.227 e. The molecule has 2 heterocycles. The molecule has 3 aromatic carbocycles. The van der Waals surface area contributed by atoms with Crippen molar-refractivity contribution in [3.05, 3.63) is 78.5 Å². The minimum Gasteiger partial charge on any atom is -0.369 e. The summed E-state index contributed by atoms with van der Waals surface area (Å²) < 4.78 is 0. The Morgan fingerprint density at radius 3 is 2.39 bits per heavy atom. The number of nitrogens with zero attached hydrogens (tertiary/aromatic N) is 4. The largest absolute Gasteiger partial charge is 0.369 e. The summed E-state index contributed by atoms with van der Waals surface area (Å²) in [6.07, 6.45) is 1.90. The fourth-order valence-electron chi connectivity index (χ4n) is 4.37. The molecule has 4 aromatic rings. The Morgan fingerprint density at radius 2 is 1.64 bits per heavy atom. The lowest BCUT2D eigenvalue weighted by molar-refractivity contribution is 0.313. The monoisotopic (exact) mass is 437 g/mol. The maximum absolute atomic E-state index is 4.91. The van der Waals surface area contributed by atoms with Gasteiger partial charge in [0.2, 0.25) is 5.95 Å². The SMILES string of the molecule is CC(C)c1ccc(-c2cccc3cnc(Nc4cccc(N5CCN(C)CC5)c4)nc23)cc1. The van der Waals surface area contributed by atoms with Crippen LogP contribution in [0.3, 0.4) is 0 Å². The number of anilines is 3. The number of aromatic nitrogens is 2. The molecular weight excluding hydrogens is 406 g/mol. The van der Waals surface area contributed by atoms with Crippen LogP contribution in [0.25, 0.3) is 22.0 Å². The minimum absolute atomic E-state index is 0.520. The van der Waals surface area contributed by atoms with E-state index in [0.717, 1.165) is 48.3 Å². The maximum Gasteiger partial charge on any atom is 0.227 e. The molecular formula is C28H31N5. The van der Waals surface area contributed by atoms with Gasteiger partial charge in [-0.15, -0.1) is 0 Å². The van der Waals surface area contributed by atoms with Crippen molar-refractivity contribution in [2.75, 3.05) is 43.4 Å². The zero-order valence-corrected chi connectivity index (χ0v) is 19.6. The molecule has 0 bridgehead atoms. The molecule has 1 aliphatic rings. The number of nitrogens with one attached hydrogen (secondary N) is 1. The molecule has 0 saturated carbocycles. The molecule has 1 fully saturated rings. The molecule has 5 heteroatoms. The van der Waals surface area contributed by atoms with Crippen LogP contribution < -0.4 is 10.2 Å². The number of rotatable bonds is 5. The summed E-state index contributed by atoms with van der Waals surface area (Å²) in [6.45, 7) is 8.71. The van der Waals surface area contributed by atoms with E-state index < -0.39 is 0 Å².